The predicted octanol–water partition coefficient (Wildman–Crippen LogP) is 3.76. The highest BCUT2D eigenvalue weighted by Gasteiger charge is 2.20. The third kappa shape index (κ3) is 29.6. The Labute approximate surface area is 274 Å². The number of carboxylic acid groups (broad SMARTS) is 2. The lowest BCUT2D eigenvalue weighted by Crippen LogP contribution is -2.41. The maximum absolute atomic E-state index is 12.0. The van der Waals surface area contributed by atoms with E-state index in [0.717, 1.165) is 38.5 Å². The molecule has 0 saturated carbocycles. The van der Waals surface area contributed by atoms with E-state index in [1.807, 2.05) is 0 Å². The van der Waals surface area contributed by atoms with Crippen molar-refractivity contribution in [1.82, 2.24) is 16.0 Å². The van der Waals surface area contributed by atoms with Crippen LogP contribution in [0.5, 0.6) is 0 Å². The zero-order valence-electron chi connectivity index (χ0n) is 28.1. The normalized spacial score (nSPS) is 12.2. The van der Waals surface area contributed by atoms with Gasteiger partial charge in [-0.1, -0.05) is 64.7 Å². The fraction of sp³-hybridized carbons (Fsp3) is 0.818. The molecule has 0 unspecified atom stereocenters. The molecule has 0 aromatic rings. The first-order valence-electron chi connectivity index (χ1n) is 16.9. The number of Topliss-reactive ketones (excluding diaryl/α,β-unsaturated/α-hetero) is 1. The number of carboxylic acids is 2. The lowest BCUT2D eigenvalue weighted by atomic mass is 9.96. The highest BCUT2D eigenvalue weighted by atomic mass is 16.5. The summed E-state index contributed by atoms with van der Waals surface area (Å²) in [5.74, 6) is -2.29. The molecule has 0 aromatic heterocycles. The summed E-state index contributed by atoms with van der Waals surface area (Å²) in [5.41, 5.74) is 0. The summed E-state index contributed by atoms with van der Waals surface area (Å²) in [4.78, 5) is 68.5. The number of nitrogens with one attached hydrogen (secondary N) is 3. The number of aliphatic carboxylic acids is 2. The quantitative estimate of drug-likeness (QED) is 0.0664. The summed E-state index contributed by atoms with van der Waals surface area (Å²) in [6, 6.07) is -1.16. The molecule has 0 aliphatic heterocycles. The zero-order valence-corrected chi connectivity index (χ0v) is 28.1. The summed E-state index contributed by atoms with van der Waals surface area (Å²) in [7, 11) is 0. The molecule has 0 spiro atoms. The van der Waals surface area contributed by atoms with Crippen molar-refractivity contribution < 1.29 is 48.5 Å². The Hall–Kier alpha value is -3.06. The summed E-state index contributed by atoms with van der Waals surface area (Å²) < 4.78 is 10.8. The molecular formula is C33H59N3O10. The van der Waals surface area contributed by atoms with Crippen LogP contribution in [0.2, 0.25) is 0 Å². The monoisotopic (exact) mass is 657 g/mol. The second kappa shape index (κ2) is 29.3. The molecule has 13 nitrogen and oxygen atoms in total. The molecule has 2 atom stereocenters. The molecule has 3 amide bonds. The van der Waals surface area contributed by atoms with E-state index in [4.69, 9.17) is 19.7 Å². The Morgan fingerprint density at radius 3 is 1.57 bits per heavy atom. The molecule has 0 bridgehead atoms. The van der Waals surface area contributed by atoms with Gasteiger partial charge in [0.1, 0.15) is 11.8 Å². The van der Waals surface area contributed by atoms with Gasteiger partial charge in [0.15, 0.2) is 0 Å². The van der Waals surface area contributed by atoms with E-state index in [2.05, 4.69) is 22.9 Å². The van der Waals surface area contributed by atoms with E-state index in [9.17, 15) is 28.8 Å². The van der Waals surface area contributed by atoms with Gasteiger partial charge in [-0.05, 0) is 32.1 Å². The predicted molar refractivity (Wildman–Crippen MR) is 173 cm³/mol. The van der Waals surface area contributed by atoms with Crippen LogP contribution in [0.3, 0.4) is 0 Å². The Morgan fingerprint density at radius 2 is 1.04 bits per heavy atom. The molecule has 0 aromatic carbocycles. The second-order valence-corrected chi connectivity index (χ2v) is 11.9. The summed E-state index contributed by atoms with van der Waals surface area (Å²) in [6.07, 6.45) is 12.5. The van der Waals surface area contributed by atoms with Gasteiger partial charge in [0.2, 0.25) is 17.7 Å². The minimum absolute atomic E-state index is 0.00295. The van der Waals surface area contributed by atoms with E-state index in [-0.39, 0.29) is 62.9 Å². The average molecular weight is 658 g/mol. The molecular weight excluding hydrogens is 598 g/mol. The number of rotatable bonds is 32. The highest BCUT2D eigenvalue weighted by molar-refractivity contribution is 5.87. The van der Waals surface area contributed by atoms with Crippen LogP contribution >= 0.6 is 0 Å². The topological polar surface area (TPSA) is 197 Å². The van der Waals surface area contributed by atoms with Gasteiger partial charge in [0.25, 0.3) is 0 Å². The lowest BCUT2D eigenvalue weighted by Gasteiger charge is -2.13. The largest absolute Gasteiger partial charge is 0.481 e. The van der Waals surface area contributed by atoms with Crippen LogP contribution in [0.25, 0.3) is 0 Å². The molecule has 0 saturated heterocycles. The van der Waals surface area contributed by atoms with Gasteiger partial charge in [-0.3, -0.25) is 19.2 Å². The van der Waals surface area contributed by atoms with E-state index >= 15 is 0 Å². The van der Waals surface area contributed by atoms with Crippen LogP contribution in [0.1, 0.15) is 123 Å². The van der Waals surface area contributed by atoms with Crippen molar-refractivity contribution in [3.63, 3.8) is 0 Å². The first-order valence-corrected chi connectivity index (χ1v) is 16.9. The number of carbonyl (C=O) groups is 6. The smallest absolute Gasteiger partial charge is 0.326 e. The molecule has 0 fully saturated rings. The van der Waals surface area contributed by atoms with E-state index in [0.29, 0.717) is 38.7 Å². The van der Waals surface area contributed by atoms with Gasteiger partial charge < -0.3 is 40.4 Å². The van der Waals surface area contributed by atoms with E-state index in [1.54, 1.807) is 0 Å². The zero-order chi connectivity index (χ0) is 34.4. The van der Waals surface area contributed by atoms with Crippen molar-refractivity contribution in [1.29, 1.82) is 0 Å². The van der Waals surface area contributed by atoms with Crippen molar-refractivity contribution in [2.24, 2.45) is 5.92 Å². The molecule has 46 heavy (non-hydrogen) atoms. The molecule has 0 aliphatic carbocycles. The second-order valence-electron chi connectivity index (χ2n) is 11.9. The standard InChI is InChI=1S/C33H59N3O10/c1-26(13-9-6-7-11-15-32(41)42)12-8-4-3-5-10-14-29(38)34-20-22-45-24-25-46-23-21-35-30(39)18-19-31(40)36-28(33(43)44)17-16-27(2)37/h26,28H,3-25H2,1-2H3,(H,34,38)(H,35,39)(H,36,40)(H,41,42)(H,43,44)/t26-,28-/m0/s1. The minimum Gasteiger partial charge on any atom is -0.481 e. The molecule has 5 N–H and O–H groups in total. The Morgan fingerprint density at radius 1 is 0.565 bits per heavy atom. The fourth-order valence-corrected chi connectivity index (χ4v) is 4.70. The third-order valence-corrected chi connectivity index (χ3v) is 7.44. The fourth-order valence-electron chi connectivity index (χ4n) is 4.70. The third-order valence-electron chi connectivity index (χ3n) is 7.44. The molecule has 0 radical (unpaired) electrons. The number of carbonyl (C=O) groups excluding carboxylic acids is 4. The number of unbranched alkanes of at least 4 members (excludes halogenated alkanes) is 7. The minimum atomic E-state index is -1.23. The van der Waals surface area contributed by atoms with Gasteiger partial charge in [0, 0.05) is 45.2 Å². The van der Waals surface area contributed by atoms with Crippen molar-refractivity contribution in [3.05, 3.63) is 0 Å². The summed E-state index contributed by atoms with van der Waals surface area (Å²) in [5, 5.41) is 25.6. The number of amides is 3. The summed E-state index contributed by atoms with van der Waals surface area (Å²) in [6.45, 7) is 5.65. The van der Waals surface area contributed by atoms with Gasteiger partial charge in [0.05, 0.1) is 26.4 Å². The van der Waals surface area contributed by atoms with Crippen molar-refractivity contribution in [3.8, 4) is 0 Å². The maximum atomic E-state index is 12.0. The van der Waals surface area contributed by atoms with Gasteiger partial charge in [-0.25, -0.2) is 4.79 Å². The molecule has 266 valence electrons. The number of hydrogen-bond acceptors (Lipinski definition) is 8. The summed E-state index contributed by atoms with van der Waals surface area (Å²) >= 11 is 0. The van der Waals surface area contributed by atoms with Crippen LogP contribution in [0.15, 0.2) is 0 Å². The number of ketones is 1. The van der Waals surface area contributed by atoms with Crippen molar-refractivity contribution >= 4 is 35.4 Å². The highest BCUT2D eigenvalue weighted by Crippen LogP contribution is 2.18. The molecule has 13 heteroatoms. The van der Waals surface area contributed by atoms with Gasteiger partial charge in [-0.2, -0.15) is 0 Å². The van der Waals surface area contributed by atoms with Crippen LogP contribution in [-0.2, 0) is 38.2 Å². The Bertz CT molecular complexity index is 884. The van der Waals surface area contributed by atoms with Crippen LogP contribution < -0.4 is 16.0 Å². The molecule has 0 aliphatic rings. The van der Waals surface area contributed by atoms with Crippen molar-refractivity contribution in [2.45, 2.75) is 129 Å². The molecule has 0 heterocycles. The first-order chi connectivity index (χ1) is 22.0. The van der Waals surface area contributed by atoms with E-state index < -0.39 is 23.9 Å². The van der Waals surface area contributed by atoms with Crippen LogP contribution in [-0.4, -0.2) is 91.2 Å². The SMILES string of the molecule is CC(=O)CC[C@H](NC(=O)CCC(=O)NCCOCCOCCNC(=O)CCCCCCC[C@H](C)CCCCCCC(=O)O)C(=O)O. The van der Waals surface area contributed by atoms with Gasteiger partial charge >= 0.3 is 11.9 Å². The Kier molecular flexibility index (Phi) is 27.4. The first kappa shape index (κ1) is 42.9. The van der Waals surface area contributed by atoms with Crippen LogP contribution in [0.4, 0.5) is 0 Å². The van der Waals surface area contributed by atoms with E-state index in [1.165, 1.54) is 39.0 Å². The molecule has 0 rings (SSSR count). The number of ether oxygens (including phenoxy) is 2. The number of hydrogen-bond donors (Lipinski definition) is 5. The van der Waals surface area contributed by atoms with Crippen LogP contribution in [0, 0.1) is 5.92 Å². The maximum Gasteiger partial charge on any atom is 0.326 e. The average Bonchev–Trinajstić information content (AvgIpc) is 2.99. The van der Waals surface area contributed by atoms with Gasteiger partial charge in [-0.15, -0.1) is 0 Å². The Balaban J connectivity index is 3.54. The van der Waals surface area contributed by atoms with Crippen molar-refractivity contribution in [2.75, 3.05) is 39.5 Å². The lowest BCUT2D eigenvalue weighted by molar-refractivity contribution is -0.142.